The highest BCUT2D eigenvalue weighted by molar-refractivity contribution is 5.79. The number of alkyl halides is 3. The van der Waals surface area contributed by atoms with E-state index >= 15 is 0 Å². The fourth-order valence-electron chi connectivity index (χ4n) is 2.02. The van der Waals surface area contributed by atoms with Gasteiger partial charge in [0.15, 0.2) is 5.96 Å². The van der Waals surface area contributed by atoms with Crippen molar-refractivity contribution in [3.63, 3.8) is 0 Å². The molecule has 0 unspecified atom stereocenters. The highest BCUT2D eigenvalue weighted by atomic mass is 19.4. The van der Waals surface area contributed by atoms with E-state index in [-0.39, 0.29) is 0 Å². The first-order valence-corrected chi connectivity index (χ1v) is 7.09. The Hall–Kier alpha value is -1.72. The van der Waals surface area contributed by atoms with E-state index in [0.717, 1.165) is 36.6 Å². The summed E-state index contributed by atoms with van der Waals surface area (Å²) in [6.45, 7) is 1.32. The Morgan fingerprint density at radius 2 is 1.86 bits per heavy atom. The van der Waals surface area contributed by atoms with Crippen molar-refractivity contribution in [2.24, 2.45) is 10.9 Å². The molecule has 6 heteroatoms. The van der Waals surface area contributed by atoms with Crippen LogP contribution < -0.4 is 10.6 Å². The van der Waals surface area contributed by atoms with Crippen LogP contribution >= 0.6 is 0 Å². The predicted octanol–water partition coefficient (Wildman–Crippen LogP) is 3.17. The van der Waals surface area contributed by atoms with Gasteiger partial charge in [0, 0.05) is 20.1 Å². The fraction of sp³-hybridized carbons (Fsp3) is 0.533. The first-order chi connectivity index (χ1) is 9.99. The van der Waals surface area contributed by atoms with Crippen molar-refractivity contribution in [3.8, 4) is 0 Å². The average Bonchev–Trinajstić information content (AvgIpc) is 3.26. The Kier molecular flexibility index (Phi) is 5.09. The van der Waals surface area contributed by atoms with Gasteiger partial charge in [-0.05, 0) is 30.0 Å². The molecule has 1 aromatic rings. The summed E-state index contributed by atoms with van der Waals surface area (Å²) in [6.07, 6.45) is -0.508. The third-order valence-electron chi connectivity index (χ3n) is 3.51. The van der Waals surface area contributed by atoms with Gasteiger partial charge in [-0.2, -0.15) is 13.2 Å². The quantitative estimate of drug-likeness (QED) is 0.647. The molecule has 0 amide bonds. The van der Waals surface area contributed by atoms with Gasteiger partial charge in [-0.1, -0.05) is 25.0 Å². The minimum Gasteiger partial charge on any atom is -0.356 e. The fourth-order valence-corrected chi connectivity index (χ4v) is 2.02. The van der Waals surface area contributed by atoms with Crippen LogP contribution in [0.4, 0.5) is 13.2 Å². The average molecular weight is 299 g/mol. The van der Waals surface area contributed by atoms with Gasteiger partial charge in [-0.15, -0.1) is 0 Å². The minimum atomic E-state index is -4.29. The van der Waals surface area contributed by atoms with Gasteiger partial charge in [0.2, 0.25) is 0 Å². The molecule has 1 saturated carbocycles. The summed E-state index contributed by atoms with van der Waals surface area (Å²) in [7, 11) is 1.68. The summed E-state index contributed by atoms with van der Waals surface area (Å²) in [5, 5.41) is 6.30. The molecular weight excluding hydrogens is 279 g/mol. The molecule has 0 aliphatic heterocycles. The maximum absolute atomic E-state index is 12.5. The van der Waals surface area contributed by atoms with E-state index in [4.69, 9.17) is 0 Å². The molecule has 21 heavy (non-hydrogen) atoms. The van der Waals surface area contributed by atoms with E-state index in [9.17, 15) is 13.2 Å². The number of aliphatic imine (C=N–C) groups is 1. The van der Waals surface area contributed by atoms with Crippen molar-refractivity contribution in [2.75, 3.05) is 13.6 Å². The summed E-state index contributed by atoms with van der Waals surface area (Å²) in [5.74, 6) is 1.53. The van der Waals surface area contributed by atoms with Crippen molar-refractivity contribution in [1.82, 2.24) is 10.6 Å². The van der Waals surface area contributed by atoms with Crippen molar-refractivity contribution in [1.29, 1.82) is 0 Å². The maximum atomic E-state index is 12.5. The molecule has 0 spiro atoms. The summed E-state index contributed by atoms with van der Waals surface area (Å²) in [4.78, 5) is 4.09. The van der Waals surface area contributed by atoms with Crippen LogP contribution in [0.15, 0.2) is 29.3 Å². The lowest BCUT2D eigenvalue weighted by Gasteiger charge is -2.12. The summed E-state index contributed by atoms with van der Waals surface area (Å²) >= 11 is 0. The standard InChI is InChI=1S/C15H20F3N3/c1-19-14(20-9-8-11-2-3-11)21-10-12-4-6-13(7-5-12)15(16,17)18/h4-7,11H,2-3,8-10H2,1H3,(H2,19,20,21). The molecule has 0 aromatic heterocycles. The number of hydrogen-bond acceptors (Lipinski definition) is 1. The number of hydrogen-bond donors (Lipinski definition) is 2. The number of guanidine groups is 1. The van der Waals surface area contributed by atoms with Crippen molar-refractivity contribution >= 4 is 5.96 Å². The molecule has 0 saturated heterocycles. The van der Waals surface area contributed by atoms with Crippen LogP contribution in [0.2, 0.25) is 0 Å². The predicted molar refractivity (Wildman–Crippen MR) is 77.0 cm³/mol. The number of rotatable bonds is 5. The largest absolute Gasteiger partial charge is 0.416 e. The van der Waals surface area contributed by atoms with E-state index in [1.807, 2.05) is 0 Å². The lowest BCUT2D eigenvalue weighted by molar-refractivity contribution is -0.137. The molecule has 0 heterocycles. The highest BCUT2D eigenvalue weighted by Crippen LogP contribution is 2.31. The second kappa shape index (κ2) is 6.83. The topological polar surface area (TPSA) is 36.4 Å². The zero-order valence-corrected chi connectivity index (χ0v) is 12.0. The van der Waals surface area contributed by atoms with Gasteiger partial charge in [0.05, 0.1) is 5.56 Å². The van der Waals surface area contributed by atoms with Crippen LogP contribution in [0.25, 0.3) is 0 Å². The Bertz CT molecular complexity index is 476. The van der Waals surface area contributed by atoms with Crippen molar-refractivity contribution < 1.29 is 13.2 Å². The normalized spacial score (nSPS) is 15.9. The number of benzene rings is 1. The van der Waals surface area contributed by atoms with Gasteiger partial charge in [0.25, 0.3) is 0 Å². The Morgan fingerprint density at radius 1 is 1.19 bits per heavy atom. The van der Waals surface area contributed by atoms with Gasteiger partial charge < -0.3 is 10.6 Å². The Labute approximate surface area is 122 Å². The number of nitrogens with one attached hydrogen (secondary N) is 2. The maximum Gasteiger partial charge on any atom is 0.416 e. The summed E-state index contributed by atoms with van der Waals surface area (Å²) in [6, 6.07) is 5.15. The van der Waals surface area contributed by atoms with Gasteiger partial charge in [-0.3, -0.25) is 4.99 Å². The van der Waals surface area contributed by atoms with Crippen LogP contribution in [0.1, 0.15) is 30.4 Å². The van der Waals surface area contributed by atoms with E-state index in [1.54, 1.807) is 7.05 Å². The van der Waals surface area contributed by atoms with E-state index in [0.29, 0.717) is 12.5 Å². The van der Waals surface area contributed by atoms with Crippen LogP contribution in [-0.2, 0) is 12.7 Å². The van der Waals surface area contributed by atoms with Crippen molar-refractivity contribution in [2.45, 2.75) is 32.0 Å². The third-order valence-corrected chi connectivity index (χ3v) is 3.51. The zero-order chi connectivity index (χ0) is 15.3. The molecule has 0 bridgehead atoms. The summed E-state index contributed by atoms with van der Waals surface area (Å²) < 4.78 is 37.4. The molecule has 1 aliphatic carbocycles. The second-order valence-corrected chi connectivity index (χ2v) is 5.28. The van der Waals surface area contributed by atoms with Crippen LogP contribution in [0.3, 0.4) is 0 Å². The zero-order valence-electron chi connectivity index (χ0n) is 12.0. The summed E-state index contributed by atoms with van der Waals surface area (Å²) in [5.41, 5.74) is 0.159. The van der Waals surface area contributed by atoms with Crippen molar-refractivity contribution in [3.05, 3.63) is 35.4 Å². The molecule has 2 N–H and O–H groups in total. The van der Waals surface area contributed by atoms with Crippen LogP contribution in [0.5, 0.6) is 0 Å². The minimum absolute atomic E-state index is 0.446. The van der Waals surface area contributed by atoms with Gasteiger partial charge >= 0.3 is 6.18 Å². The molecule has 2 rings (SSSR count). The molecule has 1 fully saturated rings. The van der Waals surface area contributed by atoms with E-state index < -0.39 is 11.7 Å². The number of nitrogens with zero attached hydrogens (tertiary/aromatic N) is 1. The Morgan fingerprint density at radius 3 is 2.38 bits per heavy atom. The molecule has 116 valence electrons. The SMILES string of the molecule is CN=C(NCCC1CC1)NCc1ccc(C(F)(F)F)cc1. The second-order valence-electron chi connectivity index (χ2n) is 5.28. The van der Waals surface area contributed by atoms with Gasteiger partial charge in [0.1, 0.15) is 0 Å². The van der Waals surface area contributed by atoms with Crippen LogP contribution in [-0.4, -0.2) is 19.6 Å². The first-order valence-electron chi connectivity index (χ1n) is 7.09. The molecular formula is C15H20F3N3. The highest BCUT2D eigenvalue weighted by Gasteiger charge is 2.29. The monoisotopic (exact) mass is 299 g/mol. The van der Waals surface area contributed by atoms with E-state index in [1.165, 1.54) is 25.0 Å². The lowest BCUT2D eigenvalue weighted by atomic mass is 10.1. The molecule has 1 aliphatic rings. The molecule has 0 atom stereocenters. The lowest BCUT2D eigenvalue weighted by Crippen LogP contribution is -2.37. The number of halogens is 3. The van der Waals surface area contributed by atoms with Gasteiger partial charge in [-0.25, -0.2) is 0 Å². The first kappa shape index (κ1) is 15.7. The molecule has 3 nitrogen and oxygen atoms in total. The Balaban J connectivity index is 1.77. The smallest absolute Gasteiger partial charge is 0.356 e. The van der Waals surface area contributed by atoms with E-state index in [2.05, 4.69) is 15.6 Å². The third kappa shape index (κ3) is 5.28. The molecule has 0 radical (unpaired) electrons. The molecule has 1 aromatic carbocycles. The van der Waals surface area contributed by atoms with Crippen LogP contribution in [0, 0.1) is 5.92 Å².